The fraction of sp³-hybridized carbons (Fsp3) is 0.350. The summed E-state index contributed by atoms with van der Waals surface area (Å²) in [5.74, 6) is 0.358. The van der Waals surface area contributed by atoms with E-state index in [4.69, 9.17) is 10.00 Å². The summed E-state index contributed by atoms with van der Waals surface area (Å²) in [5, 5.41) is 15.8. The van der Waals surface area contributed by atoms with Gasteiger partial charge in [0.2, 0.25) is 5.91 Å². The largest absolute Gasteiger partial charge is 0.497 e. The van der Waals surface area contributed by atoms with Crippen molar-refractivity contribution in [2.45, 2.75) is 26.3 Å². The smallest absolute Gasteiger partial charge is 0.262 e. The minimum Gasteiger partial charge on any atom is -0.497 e. The van der Waals surface area contributed by atoms with Crippen molar-refractivity contribution < 1.29 is 14.3 Å². The summed E-state index contributed by atoms with van der Waals surface area (Å²) in [4.78, 5) is 25.3. The maximum absolute atomic E-state index is 12.6. The van der Waals surface area contributed by atoms with E-state index in [1.54, 1.807) is 13.2 Å². The number of nitrogens with zero attached hydrogens (tertiary/aromatic N) is 1. The molecular formula is C20H23N3O3S. The fourth-order valence-corrected chi connectivity index (χ4v) is 3.39. The molecule has 0 aliphatic heterocycles. The van der Waals surface area contributed by atoms with Gasteiger partial charge in [0.25, 0.3) is 5.91 Å². The molecule has 0 radical (unpaired) electrons. The highest BCUT2D eigenvalue weighted by Gasteiger charge is 2.23. The zero-order valence-corrected chi connectivity index (χ0v) is 16.4. The normalized spacial score (nSPS) is 11.5. The van der Waals surface area contributed by atoms with Crippen molar-refractivity contribution in [3.05, 3.63) is 40.6 Å². The Kier molecular flexibility index (Phi) is 7.38. The maximum atomic E-state index is 12.6. The summed E-state index contributed by atoms with van der Waals surface area (Å²) in [6, 6.07) is 10.6. The molecule has 2 rings (SSSR count). The van der Waals surface area contributed by atoms with Crippen molar-refractivity contribution >= 4 is 23.2 Å². The lowest BCUT2D eigenvalue weighted by atomic mass is 10.0. The Balaban J connectivity index is 2.10. The van der Waals surface area contributed by atoms with E-state index in [2.05, 4.69) is 10.6 Å². The molecule has 0 saturated heterocycles. The lowest BCUT2D eigenvalue weighted by Gasteiger charge is -2.19. The van der Waals surface area contributed by atoms with Crippen LogP contribution in [0.15, 0.2) is 35.7 Å². The number of rotatable bonds is 8. The fourth-order valence-electron chi connectivity index (χ4n) is 2.57. The number of amides is 2. The molecule has 0 aliphatic carbocycles. The summed E-state index contributed by atoms with van der Waals surface area (Å²) >= 11 is 1.33. The molecule has 7 heteroatoms. The van der Waals surface area contributed by atoms with E-state index < -0.39 is 6.04 Å². The van der Waals surface area contributed by atoms with Crippen molar-refractivity contribution in [3.63, 3.8) is 0 Å². The second kappa shape index (κ2) is 9.74. The number of benzene rings is 1. The van der Waals surface area contributed by atoms with Gasteiger partial charge in [0.1, 0.15) is 18.3 Å². The number of nitrogens with one attached hydrogen (secondary N) is 2. The Hall–Kier alpha value is -2.85. The van der Waals surface area contributed by atoms with Crippen LogP contribution in [-0.4, -0.2) is 31.5 Å². The van der Waals surface area contributed by atoms with Gasteiger partial charge in [-0.3, -0.25) is 9.59 Å². The molecule has 0 aliphatic rings. The predicted molar refractivity (Wildman–Crippen MR) is 106 cm³/mol. The first kappa shape index (κ1) is 20.5. The number of ether oxygens (including phenoxy) is 1. The molecular weight excluding hydrogens is 362 g/mol. The number of methoxy groups -OCH3 is 1. The van der Waals surface area contributed by atoms with Gasteiger partial charge < -0.3 is 15.4 Å². The lowest BCUT2D eigenvalue weighted by molar-refractivity contribution is -0.123. The summed E-state index contributed by atoms with van der Waals surface area (Å²) in [5.41, 5.74) is 1.92. The minimum absolute atomic E-state index is 0.0794. The average Bonchev–Trinajstić information content (AvgIpc) is 3.15. The third kappa shape index (κ3) is 5.83. The average molecular weight is 385 g/mol. The molecule has 2 N–H and O–H groups in total. The second-order valence-electron chi connectivity index (χ2n) is 6.46. The van der Waals surface area contributed by atoms with Crippen molar-refractivity contribution in [3.8, 4) is 22.9 Å². The predicted octanol–water partition coefficient (Wildman–Crippen LogP) is 3.21. The molecule has 1 aromatic heterocycles. The quantitative estimate of drug-likeness (QED) is 0.683. The molecule has 0 spiro atoms. The molecule has 0 saturated carbocycles. The van der Waals surface area contributed by atoms with E-state index in [1.807, 2.05) is 49.6 Å². The Bertz CT molecular complexity index is 822. The van der Waals surface area contributed by atoms with Crippen molar-refractivity contribution in [2.24, 2.45) is 5.92 Å². The Morgan fingerprint density at radius 3 is 2.52 bits per heavy atom. The molecule has 1 aromatic carbocycles. The van der Waals surface area contributed by atoms with Crippen LogP contribution < -0.4 is 15.4 Å². The highest BCUT2D eigenvalue weighted by Crippen LogP contribution is 2.27. The van der Waals surface area contributed by atoms with Gasteiger partial charge in [-0.2, -0.15) is 5.26 Å². The number of nitriles is 1. The molecule has 0 unspecified atom stereocenters. The summed E-state index contributed by atoms with van der Waals surface area (Å²) in [6.07, 6.45) is 0.500. The van der Waals surface area contributed by atoms with Crippen molar-refractivity contribution in [2.75, 3.05) is 13.7 Å². The minimum atomic E-state index is -0.669. The summed E-state index contributed by atoms with van der Waals surface area (Å²) < 4.78 is 5.15. The van der Waals surface area contributed by atoms with Crippen molar-refractivity contribution in [1.29, 1.82) is 5.26 Å². The standard InChI is InChI=1S/C20H23N3O3S/c1-13(2)10-17(19(24)22-9-8-21)23-20(25)18-11-15(12-27-18)14-4-6-16(26-3)7-5-14/h4-7,11-13,17H,9-10H2,1-3H3,(H,22,24)(H,23,25)/t17-/m0/s1. The van der Waals surface area contributed by atoms with Crippen LogP contribution in [0.5, 0.6) is 5.75 Å². The van der Waals surface area contributed by atoms with Crippen LogP contribution in [0.25, 0.3) is 11.1 Å². The Morgan fingerprint density at radius 1 is 1.22 bits per heavy atom. The van der Waals surface area contributed by atoms with Crippen LogP contribution in [-0.2, 0) is 4.79 Å². The first-order valence-electron chi connectivity index (χ1n) is 8.63. The topological polar surface area (TPSA) is 91.2 Å². The Labute approximate surface area is 163 Å². The van der Waals surface area contributed by atoms with E-state index in [0.717, 1.165) is 16.9 Å². The van der Waals surface area contributed by atoms with Crippen LogP contribution in [0.2, 0.25) is 0 Å². The molecule has 27 heavy (non-hydrogen) atoms. The molecule has 1 atom stereocenters. The summed E-state index contributed by atoms with van der Waals surface area (Å²) in [6.45, 7) is 3.87. The van der Waals surface area contributed by atoms with Crippen molar-refractivity contribution in [1.82, 2.24) is 10.6 Å². The van der Waals surface area contributed by atoms with Gasteiger partial charge in [-0.25, -0.2) is 0 Å². The number of carbonyl (C=O) groups is 2. The van der Waals surface area contributed by atoms with Crippen LogP contribution in [0.4, 0.5) is 0 Å². The number of carbonyl (C=O) groups excluding carboxylic acids is 2. The van der Waals surface area contributed by atoms with Crippen LogP contribution in [0, 0.1) is 17.2 Å². The molecule has 6 nitrogen and oxygen atoms in total. The van der Waals surface area contributed by atoms with E-state index >= 15 is 0 Å². The lowest BCUT2D eigenvalue weighted by Crippen LogP contribution is -2.47. The van der Waals surface area contributed by atoms with Gasteiger partial charge in [0.15, 0.2) is 0 Å². The third-order valence-electron chi connectivity index (χ3n) is 3.92. The van der Waals surface area contributed by atoms with E-state index in [1.165, 1.54) is 11.3 Å². The van der Waals surface area contributed by atoms with E-state index in [0.29, 0.717) is 11.3 Å². The van der Waals surface area contributed by atoms with E-state index in [-0.39, 0.29) is 24.3 Å². The molecule has 2 amide bonds. The third-order valence-corrected chi connectivity index (χ3v) is 4.85. The second-order valence-corrected chi connectivity index (χ2v) is 7.37. The first-order valence-corrected chi connectivity index (χ1v) is 9.51. The van der Waals surface area contributed by atoms with Crippen LogP contribution >= 0.6 is 11.3 Å². The highest BCUT2D eigenvalue weighted by molar-refractivity contribution is 7.12. The first-order chi connectivity index (χ1) is 12.9. The van der Waals surface area contributed by atoms with E-state index in [9.17, 15) is 9.59 Å². The van der Waals surface area contributed by atoms with Crippen LogP contribution in [0.1, 0.15) is 29.9 Å². The van der Waals surface area contributed by atoms with Gasteiger partial charge in [-0.05, 0) is 47.0 Å². The summed E-state index contributed by atoms with van der Waals surface area (Å²) in [7, 11) is 1.61. The monoisotopic (exact) mass is 385 g/mol. The van der Waals surface area contributed by atoms with Gasteiger partial charge >= 0.3 is 0 Å². The van der Waals surface area contributed by atoms with Gasteiger partial charge in [-0.1, -0.05) is 26.0 Å². The zero-order valence-electron chi connectivity index (χ0n) is 15.6. The molecule has 0 bridgehead atoms. The van der Waals surface area contributed by atoms with Gasteiger partial charge in [0.05, 0.1) is 18.1 Å². The zero-order chi connectivity index (χ0) is 19.8. The maximum Gasteiger partial charge on any atom is 0.262 e. The number of hydrogen-bond acceptors (Lipinski definition) is 5. The van der Waals surface area contributed by atoms with Crippen LogP contribution in [0.3, 0.4) is 0 Å². The SMILES string of the molecule is COc1ccc(-c2csc(C(=O)N[C@@H](CC(C)C)C(=O)NCC#N)c2)cc1. The molecule has 1 heterocycles. The molecule has 142 valence electrons. The number of thiophene rings is 1. The number of hydrogen-bond donors (Lipinski definition) is 2. The van der Waals surface area contributed by atoms with Gasteiger partial charge in [0, 0.05) is 0 Å². The van der Waals surface area contributed by atoms with Gasteiger partial charge in [-0.15, -0.1) is 11.3 Å². The molecule has 2 aromatic rings. The highest BCUT2D eigenvalue weighted by atomic mass is 32.1. The Morgan fingerprint density at radius 2 is 1.93 bits per heavy atom. The molecule has 0 fully saturated rings.